The Hall–Kier alpha value is -2.35. The van der Waals surface area contributed by atoms with Crippen molar-refractivity contribution in [2.45, 2.75) is 12.6 Å². The van der Waals surface area contributed by atoms with E-state index in [1.807, 2.05) is 25.1 Å². The lowest BCUT2D eigenvalue weighted by atomic mass is 10.1. The van der Waals surface area contributed by atoms with Crippen molar-refractivity contribution in [1.82, 2.24) is 30.4 Å². The number of hydrogen-bond donors (Lipinski definition) is 1. The van der Waals surface area contributed by atoms with E-state index in [0.29, 0.717) is 6.54 Å². The maximum atomic E-state index is 13.3. The Morgan fingerprint density at radius 1 is 1.48 bits per heavy atom. The first-order valence-electron chi connectivity index (χ1n) is 6.45. The molecule has 0 aliphatic rings. The summed E-state index contributed by atoms with van der Waals surface area (Å²) in [5.41, 5.74) is 0.808. The largest absolute Gasteiger partial charge is 0.353 e. The molecule has 1 heterocycles. The minimum absolute atomic E-state index is 0.0519. The van der Waals surface area contributed by atoms with Crippen LogP contribution in [-0.2, 0) is 11.3 Å². The van der Waals surface area contributed by atoms with Crippen LogP contribution in [0.1, 0.15) is 11.6 Å². The second kappa shape index (κ2) is 6.89. The number of carbonyl (C=O) groups is 1. The van der Waals surface area contributed by atoms with Crippen LogP contribution in [0.2, 0.25) is 0 Å². The third kappa shape index (κ3) is 4.32. The molecule has 0 radical (unpaired) electrons. The highest BCUT2D eigenvalue weighted by Crippen LogP contribution is 2.18. The van der Waals surface area contributed by atoms with Gasteiger partial charge in [-0.05, 0) is 42.2 Å². The average Bonchev–Trinajstić information content (AvgIpc) is 2.91. The van der Waals surface area contributed by atoms with Crippen molar-refractivity contribution >= 4 is 5.91 Å². The second-order valence-electron chi connectivity index (χ2n) is 4.85. The second-order valence-corrected chi connectivity index (χ2v) is 4.85. The summed E-state index contributed by atoms with van der Waals surface area (Å²) in [4.78, 5) is 13.7. The van der Waals surface area contributed by atoms with Crippen molar-refractivity contribution in [2.24, 2.45) is 0 Å². The monoisotopic (exact) mass is 292 g/mol. The molecule has 2 aromatic rings. The molecule has 1 atom stereocenters. The quantitative estimate of drug-likeness (QED) is 0.825. The summed E-state index contributed by atoms with van der Waals surface area (Å²) in [7, 11) is 3.76. The lowest BCUT2D eigenvalue weighted by molar-refractivity contribution is -0.122. The zero-order valence-corrected chi connectivity index (χ0v) is 11.9. The molecule has 1 N–H and O–H groups in total. The van der Waals surface area contributed by atoms with Crippen LogP contribution in [0.4, 0.5) is 4.39 Å². The number of halogens is 1. The summed E-state index contributed by atoms with van der Waals surface area (Å²) in [6.07, 6.45) is 1.37. The van der Waals surface area contributed by atoms with E-state index in [9.17, 15) is 9.18 Å². The molecule has 0 aliphatic carbocycles. The van der Waals surface area contributed by atoms with Crippen molar-refractivity contribution in [2.75, 3.05) is 20.6 Å². The van der Waals surface area contributed by atoms with E-state index in [-0.39, 0.29) is 24.3 Å². The Bertz CT molecular complexity index is 586. The number of nitrogens with one attached hydrogen (secondary N) is 1. The highest BCUT2D eigenvalue weighted by molar-refractivity contribution is 5.75. The van der Waals surface area contributed by atoms with Crippen molar-refractivity contribution in [3.05, 3.63) is 42.0 Å². The topological polar surface area (TPSA) is 75.9 Å². The summed E-state index contributed by atoms with van der Waals surface area (Å²) in [5.74, 6) is -0.495. The van der Waals surface area contributed by atoms with Crippen molar-refractivity contribution in [3.8, 4) is 0 Å². The fraction of sp³-hybridized carbons (Fsp3) is 0.385. The maximum Gasteiger partial charge on any atom is 0.241 e. The predicted octanol–water partition coefficient (Wildman–Crippen LogP) is 0.231. The molecule has 0 fully saturated rings. The van der Waals surface area contributed by atoms with Gasteiger partial charge < -0.3 is 10.2 Å². The Morgan fingerprint density at radius 2 is 2.29 bits per heavy atom. The third-order valence-corrected chi connectivity index (χ3v) is 3.05. The highest BCUT2D eigenvalue weighted by atomic mass is 19.1. The number of nitrogens with zero attached hydrogens (tertiary/aromatic N) is 5. The number of aromatic nitrogens is 4. The lowest BCUT2D eigenvalue weighted by Gasteiger charge is -2.25. The van der Waals surface area contributed by atoms with E-state index in [4.69, 9.17) is 0 Å². The first kappa shape index (κ1) is 15.0. The summed E-state index contributed by atoms with van der Waals surface area (Å²) in [5, 5.41) is 13.3. The van der Waals surface area contributed by atoms with Crippen LogP contribution < -0.4 is 5.32 Å². The molecule has 8 heteroatoms. The molecule has 7 nitrogen and oxygen atoms in total. The number of carbonyl (C=O) groups excluding carboxylic acids is 1. The highest BCUT2D eigenvalue weighted by Gasteiger charge is 2.16. The molecule has 0 bridgehead atoms. The standard InChI is InChI=1S/C13H17FN6O/c1-19(2)12(10-4-3-5-11(14)6-10)7-15-13(21)8-20-9-16-17-18-20/h3-6,9,12H,7-8H2,1-2H3,(H,15,21)/t12-/m0/s1. The minimum atomic E-state index is -0.292. The predicted molar refractivity (Wildman–Crippen MR) is 73.7 cm³/mol. The van der Waals surface area contributed by atoms with Crippen molar-refractivity contribution < 1.29 is 9.18 Å². The first-order chi connectivity index (χ1) is 10.1. The van der Waals surface area contributed by atoms with Crippen LogP contribution in [0.5, 0.6) is 0 Å². The smallest absolute Gasteiger partial charge is 0.241 e. The van der Waals surface area contributed by atoms with Gasteiger partial charge in [0.25, 0.3) is 0 Å². The van der Waals surface area contributed by atoms with Gasteiger partial charge in [-0.25, -0.2) is 9.07 Å². The van der Waals surface area contributed by atoms with Gasteiger partial charge in [-0.1, -0.05) is 12.1 Å². The Morgan fingerprint density at radius 3 is 2.90 bits per heavy atom. The van der Waals surface area contributed by atoms with E-state index in [0.717, 1.165) is 5.56 Å². The number of amides is 1. The molecule has 0 saturated heterocycles. The zero-order valence-electron chi connectivity index (χ0n) is 11.9. The van der Waals surface area contributed by atoms with Crippen molar-refractivity contribution in [1.29, 1.82) is 0 Å². The lowest BCUT2D eigenvalue weighted by Crippen LogP contribution is -2.36. The summed E-state index contributed by atoms with van der Waals surface area (Å²) < 4.78 is 14.6. The molecule has 1 aromatic carbocycles. The normalized spacial score (nSPS) is 12.4. The molecule has 21 heavy (non-hydrogen) atoms. The maximum absolute atomic E-state index is 13.3. The van der Waals surface area contributed by atoms with E-state index >= 15 is 0 Å². The zero-order chi connectivity index (χ0) is 15.2. The van der Waals surface area contributed by atoms with E-state index in [1.54, 1.807) is 6.07 Å². The number of tetrazole rings is 1. The molecular formula is C13H17FN6O. The SMILES string of the molecule is CN(C)[C@@H](CNC(=O)Cn1cnnn1)c1cccc(F)c1. The average molecular weight is 292 g/mol. The van der Waals surface area contributed by atoms with E-state index < -0.39 is 0 Å². The van der Waals surface area contributed by atoms with Gasteiger partial charge in [-0.2, -0.15) is 0 Å². The molecule has 0 unspecified atom stereocenters. The molecule has 0 aliphatic heterocycles. The Kier molecular flexibility index (Phi) is 4.94. The van der Waals surface area contributed by atoms with Gasteiger partial charge in [-0.3, -0.25) is 4.79 Å². The third-order valence-electron chi connectivity index (χ3n) is 3.05. The van der Waals surface area contributed by atoms with Gasteiger partial charge in [0.15, 0.2) is 0 Å². The molecule has 112 valence electrons. The van der Waals surface area contributed by atoms with Gasteiger partial charge in [-0.15, -0.1) is 5.10 Å². The van der Waals surface area contributed by atoms with E-state index in [2.05, 4.69) is 20.8 Å². The summed E-state index contributed by atoms with van der Waals surface area (Å²) in [6, 6.07) is 6.24. The summed E-state index contributed by atoms with van der Waals surface area (Å²) >= 11 is 0. The van der Waals surface area contributed by atoms with Gasteiger partial charge in [0, 0.05) is 6.54 Å². The number of rotatable bonds is 6. The van der Waals surface area contributed by atoms with Crippen LogP contribution >= 0.6 is 0 Å². The number of benzene rings is 1. The van der Waals surface area contributed by atoms with Crippen LogP contribution in [0.15, 0.2) is 30.6 Å². The molecular weight excluding hydrogens is 275 g/mol. The van der Waals surface area contributed by atoms with Gasteiger partial charge in [0.05, 0.1) is 6.04 Å². The number of hydrogen-bond acceptors (Lipinski definition) is 5. The molecule has 0 spiro atoms. The minimum Gasteiger partial charge on any atom is -0.353 e. The van der Waals surface area contributed by atoms with Crippen LogP contribution in [0, 0.1) is 5.82 Å². The molecule has 1 aromatic heterocycles. The fourth-order valence-electron chi connectivity index (χ4n) is 1.98. The van der Waals surface area contributed by atoms with Gasteiger partial charge >= 0.3 is 0 Å². The molecule has 2 rings (SSSR count). The molecule has 1 amide bonds. The van der Waals surface area contributed by atoms with Crippen LogP contribution in [-0.4, -0.2) is 51.7 Å². The van der Waals surface area contributed by atoms with Crippen LogP contribution in [0.25, 0.3) is 0 Å². The summed E-state index contributed by atoms with van der Waals surface area (Å²) in [6.45, 7) is 0.424. The Balaban J connectivity index is 1.96. The van der Waals surface area contributed by atoms with Crippen LogP contribution in [0.3, 0.4) is 0 Å². The molecule has 0 saturated carbocycles. The van der Waals surface area contributed by atoms with Gasteiger partial charge in [0.1, 0.15) is 18.7 Å². The van der Waals surface area contributed by atoms with Crippen molar-refractivity contribution in [3.63, 3.8) is 0 Å². The Labute approximate surface area is 121 Å². The fourth-order valence-corrected chi connectivity index (χ4v) is 1.98. The van der Waals surface area contributed by atoms with Gasteiger partial charge in [0.2, 0.25) is 5.91 Å². The van der Waals surface area contributed by atoms with E-state index in [1.165, 1.54) is 23.1 Å². The number of likely N-dealkylation sites (N-methyl/N-ethyl adjacent to an activating group) is 1. The first-order valence-corrected chi connectivity index (χ1v) is 6.45.